The number of nitrogens with zero attached hydrogens (tertiary/aromatic N) is 5. The Balaban J connectivity index is 1.72. The van der Waals surface area contributed by atoms with Gasteiger partial charge in [-0.25, -0.2) is 0 Å². The first-order chi connectivity index (χ1) is 17.3. The highest BCUT2D eigenvalue weighted by Gasteiger charge is 2.22. The van der Waals surface area contributed by atoms with Gasteiger partial charge in [0.05, 0.1) is 52.1 Å². The molecule has 3 N–H and O–H groups in total. The molecule has 0 aliphatic heterocycles. The molecule has 0 heterocycles. The van der Waals surface area contributed by atoms with E-state index in [9.17, 15) is 25.3 Å². The smallest absolute Gasteiger partial charge is 0.287 e. The van der Waals surface area contributed by atoms with E-state index in [1.807, 2.05) is 17.0 Å². The summed E-state index contributed by atoms with van der Waals surface area (Å²) in [5.41, 5.74) is 1.36. The van der Waals surface area contributed by atoms with Crippen LogP contribution in [-0.2, 0) is 0 Å². The minimum absolute atomic E-state index is 0.0292. The molecule has 0 saturated carbocycles. The van der Waals surface area contributed by atoms with Gasteiger partial charge in [-0.1, -0.05) is 18.2 Å². The van der Waals surface area contributed by atoms with Crippen LogP contribution in [0, 0.1) is 20.2 Å². The maximum absolute atomic E-state index is 11.3. The molecule has 0 aliphatic rings. The van der Waals surface area contributed by atoms with Gasteiger partial charge in [0.15, 0.2) is 0 Å². The van der Waals surface area contributed by atoms with Crippen LogP contribution < -0.4 is 4.90 Å². The van der Waals surface area contributed by atoms with Gasteiger partial charge in [-0.2, -0.15) is 10.2 Å². The van der Waals surface area contributed by atoms with E-state index >= 15 is 0 Å². The van der Waals surface area contributed by atoms with E-state index in [2.05, 4.69) is 10.2 Å². The van der Waals surface area contributed by atoms with Crippen molar-refractivity contribution in [3.05, 3.63) is 92.0 Å². The van der Waals surface area contributed by atoms with E-state index in [0.29, 0.717) is 30.0 Å². The Bertz CT molecular complexity index is 1270. The van der Waals surface area contributed by atoms with Gasteiger partial charge in [-0.15, -0.1) is 0 Å². The van der Waals surface area contributed by atoms with E-state index in [-0.39, 0.29) is 18.8 Å². The highest BCUT2D eigenvalue weighted by atomic mass is 16.6. The Kier molecular flexibility index (Phi) is 8.75. The molecule has 3 rings (SSSR count). The number of aliphatic hydroxyl groups excluding tert-OH is 2. The predicted octanol–water partition coefficient (Wildman–Crippen LogP) is 4.59. The summed E-state index contributed by atoms with van der Waals surface area (Å²) >= 11 is 0. The molecule has 3 aromatic carbocycles. The molecule has 36 heavy (non-hydrogen) atoms. The number of benzene rings is 3. The van der Waals surface area contributed by atoms with Crippen molar-refractivity contribution < 1.29 is 25.2 Å². The molecule has 0 unspecified atom stereocenters. The highest BCUT2D eigenvalue weighted by molar-refractivity contribution is 5.79. The maximum atomic E-state index is 11.3. The number of phenolic OH excluding ortho intramolecular Hbond substituents is 1. The summed E-state index contributed by atoms with van der Waals surface area (Å²) in [7, 11) is 0. The Hall–Kier alpha value is -4.68. The Morgan fingerprint density at radius 3 is 1.86 bits per heavy atom. The standard InChI is InChI=1S/C24H23N5O7/c30-13-11-27(12-14-31)20-8-6-19(7-9-20)26-25-18-4-1-17(2-5-18)3-10-22-23(29(35)36)15-21(28(33)34)16-24(22)32/h1-10,15-16,30-32H,11-14H2. The van der Waals surface area contributed by atoms with Crippen LogP contribution in [0.15, 0.2) is 70.9 Å². The molecule has 0 spiro atoms. The van der Waals surface area contributed by atoms with Crippen molar-refractivity contribution in [3.63, 3.8) is 0 Å². The van der Waals surface area contributed by atoms with Crippen LogP contribution >= 0.6 is 0 Å². The first kappa shape index (κ1) is 25.9. The molecule has 0 fully saturated rings. The fourth-order valence-corrected chi connectivity index (χ4v) is 3.32. The van der Waals surface area contributed by atoms with Gasteiger partial charge in [0.2, 0.25) is 0 Å². The topological polar surface area (TPSA) is 175 Å². The second kappa shape index (κ2) is 12.1. The van der Waals surface area contributed by atoms with Gasteiger partial charge in [-0.3, -0.25) is 20.2 Å². The van der Waals surface area contributed by atoms with E-state index < -0.39 is 27.0 Å². The number of hydrogen-bond acceptors (Lipinski definition) is 10. The van der Waals surface area contributed by atoms with Crippen molar-refractivity contribution in [2.24, 2.45) is 10.2 Å². The summed E-state index contributed by atoms with van der Waals surface area (Å²) in [5.74, 6) is -0.570. The normalized spacial score (nSPS) is 11.3. The van der Waals surface area contributed by atoms with Crippen molar-refractivity contribution >= 4 is 40.6 Å². The number of anilines is 1. The largest absolute Gasteiger partial charge is 0.507 e. The highest BCUT2D eigenvalue weighted by Crippen LogP contribution is 2.34. The third-order valence-electron chi connectivity index (χ3n) is 5.10. The van der Waals surface area contributed by atoms with E-state index in [1.54, 1.807) is 36.4 Å². The molecule has 3 aromatic rings. The molecule has 0 bridgehead atoms. The zero-order valence-electron chi connectivity index (χ0n) is 19.0. The predicted molar refractivity (Wildman–Crippen MR) is 134 cm³/mol. The summed E-state index contributed by atoms with van der Waals surface area (Å²) in [6.07, 6.45) is 2.84. The second-order valence-corrected chi connectivity index (χ2v) is 7.49. The van der Waals surface area contributed by atoms with Gasteiger partial charge >= 0.3 is 0 Å². The number of phenols is 1. The summed E-state index contributed by atoms with van der Waals surface area (Å²) in [6.45, 7) is 0.746. The molecule has 0 radical (unpaired) electrons. The number of nitro groups is 2. The molecular formula is C24H23N5O7. The lowest BCUT2D eigenvalue weighted by Crippen LogP contribution is -2.29. The lowest BCUT2D eigenvalue weighted by molar-refractivity contribution is -0.394. The SMILES string of the molecule is O=[N+]([O-])c1cc(O)c(C=Cc2ccc(N=Nc3ccc(N(CCO)CCO)cc3)cc2)c([N+](=O)[O-])c1. The Labute approximate surface area is 205 Å². The average molecular weight is 493 g/mol. The first-order valence-corrected chi connectivity index (χ1v) is 10.7. The van der Waals surface area contributed by atoms with Crippen LogP contribution in [0.2, 0.25) is 0 Å². The average Bonchev–Trinajstić information content (AvgIpc) is 2.87. The van der Waals surface area contributed by atoms with Gasteiger partial charge < -0.3 is 20.2 Å². The minimum Gasteiger partial charge on any atom is -0.507 e. The van der Waals surface area contributed by atoms with E-state index in [1.165, 1.54) is 12.2 Å². The monoisotopic (exact) mass is 493 g/mol. The number of rotatable bonds is 11. The zero-order chi connectivity index (χ0) is 26.1. The van der Waals surface area contributed by atoms with Crippen molar-refractivity contribution in [1.82, 2.24) is 0 Å². The zero-order valence-corrected chi connectivity index (χ0v) is 19.0. The van der Waals surface area contributed by atoms with Crippen LogP contribution in [0.3, 0.4) is 0 Å². The quantitative estimate of drug-likeness (QED) is 0.150. The van der Waals surface area contributed by atoms with E-state index in [4.69, 9.17) is 10.2 Å². The van der Waals surface area contributed by atoms with Crippen LogP contribution in [0.25, 0.3) is 12.2 Å². The number of aromatic hydroxyl groups is 1. The van der Waals surface area contributed by atoms with Gasteiger partial charge in [0, 0.05) is 18.8 Å². The van der Waals surface area contributed by atoms with Crippen LogP contribution in [0.4, 0.5) is 28.4 Å². The lowest BCUT2D eigenvalue weighted by Gasteiger charge is -2.22. The molecule has 0 saturated heterocycles. The molecule has 0 aliphatic carbocycles. The van der Waals surface area contributed by atoms with Crippen molar-refractivity contribution in [2.45, 2.75) is 0 Å². The van der Waals surface area contributed by atoms with E-state index in [0.717, 1.165) is 17.8 Å². The summed E-state index contributed by atoms with van der Waals surface area (Å²) < 4.78 is 0. The second-order valence-electron chi connectivity index (χ2n) is 7.49. The van der Waals surface area contributed by atoms with Gasteiger partial charge in [0.25, 0.3) is 11.4 Å². The van der Waals surface area contributed by atoms with Crippen LogP contribution in [0.5, 0.6) is 5.75 Å². The molecule has 0 aromatic heterocycles. The number of nitro benzene ring substituents is 2. The third kappa shape index (κ3) is 6.68. The fraction of sp³-hybridized carbons (Fsp3) is 0.167. The van der Waals surface area contributed by atoms with Crippen LogP contribution in [-0.4, -0.2) is 51.5 Å². The van der Waals surface area contributed by atoms with Gasteiger partial charge in [0.1, 0.15) is 5.75 Å². The number of azo groups is 1. The minimum atomic E-state index is -0.814. The molecule has 0 amide bonds. The third-order valence-corrected chi connectivity index (χ3v) is 5.10. The summed E-state index contributed by atoms with van der Waals surface area (Å²) in [6, 6.07) is 15.6. The van der Waals surface area contributed by atoms with Crippen molar-refractivity contribution in [3.8, 4) is 5.75 Å². The Morgan fingerprint density at radius 1 is 0.806 bits per heavy atom. The van der Waals surface area contributed by atoms with Crippen molar-refractivity contribution in [2.75, 3.05) is 31.2 Å². The number of hydrogen-bond donors (Lipinski definition) is 3. The molecule has 12 heteroatoms. The molecular weight excluding hydrogens is 470 g/mol. The summed E-state index contributed by atoms with van der Waals surface area (Å²) in [5, 5.41) is 58.9. The molecule has 186 valence electrons. The fourth-order valence-electron chi connectivity index (χ4n) is 3.32. The summed E-state index contributed by atoms with van der Waals surface area (Å²) in [4.78, 5) is 22.4. The molecule has 0 atom stereocenters. The van der Waals surface area contributed by atoms with Crippen LogP contribution in [0.1, 0.15) is 11.1 Å². The first-order valence-electron chi connectivity index (χ1n) is 10.7. The lowest BCUT2D eigenvalue weighted by atomic mass is 10.1. The van der Waals surface area contributed by atoms with Gasteiger partial charge in [-0.05, 0) is 48.0 Å². The van der Waals surface area contributed by atoms with Crippen molar-refractivity contribution in [1.29, 1.82) is 0 Å². The Morgan fingerprint density at radius 2 is 1.36 bits per heavy atom. The maximum Gasteiger partial charge on any atom is 0.287 e. The number of non-ortho nitro benzene ring substituents is 1. The molecule has 12 nitrogen and oxygen atoms in total. The number of aliphatic hydroxyl groups is 2.